The first-order chi connectivity index (χ1) is 11.5. The molecule has 3 rings (SSSR count). The van der Waals surface area contributed by atoms with Crippen molar-refractivity contribution in [1.82, 2.24) is 4.90 Å². The van der Waals surface area contributed by atoms with Crippen molar-refractivity contribution in [2.24, 2.45) is 0 Å². The maximum Gasteiger partial charge on any atom is 0.417 e. The van der Waals surface area contributed by atoms with Gasteiger partial charge in [0.1, 0.15) is 0 Å². The predicted molar refractivity (Wildman–Crippen MR) is 88.0 cm³/mol. The average molecular weight is 351 g/mol. The second-order valence-electron chi connectivity index (χ2n) is 5.68. The Balaban J connectivity index is 1.69. The Morgan fingerprint density at radius 3 is 2.46 bits per heavy atom. The molecule has 7 heteroatoms. The van der Waals surface area contributed by atoms with Gasteiger partial charge in [-0.3, -0.25) is 4.90 Å². The Bertz CT molecular complexity index is 727. The molecule has 1 aromatic carbocycles. The molecule has 126 valence electrons. The molecular weight excluding hydrogens is 335 g/mol. The van der Waals surface area contributed by atoms with E-state index in [1.165, 1.54) is 10.9 Å². The topological polar surface area (TPSA) is 30.3 Å². The number of piperazine rings is 1. The van der Waals surface area contributed by atoms with Gasteiger partial charge in [-0.15, -0.1) is 11.3 Å². The molecule has 1 aliphatic heterocycles. The van der Waals surface area contributed by atoms with Crippen LogP contribution in [0.4, 0.5) is 18.9 Å². The molecule has 0 saturated carbocycles. The highest BCUT2D eigenvalue weighted by atomic mass is 32.1. The molecule has 1 saturated heterocycles. The Labute approximate surface area is 142 Å². The molecule has 0 amide bonds. The molecule has 3 nitrogen and oxygen atoms in total. The van der Waals surface area contributed by atoms with Crippen LogP contribution in [0.25, 0.3) is 0 Å². The zero-order valence-corrected chi connectivity index (χ0v) is 13.7. The number of hydrogen-bond donors (Lipinski definition) is 0. The van der Waals surface area contributed by atoms with Crippen LogP contribution in [0.5, 0.6) is 0 Å². The van der Waals surface area contributed by atoms with E-state index < -0.39 is 11.7 Å². The Kier molecular flexibility index (Phi) is 4.78. The summed E-state index contributed by atoms with van der Waals surface area (Å²) in [6.07, 6.45) is -4.51. The molecular formula is C17H16F3N3S. The van der Waals surface area contributed by atoms with Gasteiger partial charge in [0.2, 0.25) is 0 Å². The van der Waals surface area contributed by atoms with Gasteiger partial charge < -0.3 is 4.90 Å². The smallest absolute Gasteiger partial charge is 0.369 e. The molecule has 0 spiro atoms. The van der Waals surface area contributed by atoms with E-state index in [0.717, 1.165) is 25.7 Å². The van der Waals surface area contributed by atoms with Crippen LogP contribution in [-0.4, -0.2) is 31.1 Å². The minimum Gasteiger partial charge on any atom is -0.369 e. The van der Waals surface area contributed by atoms with Gasteiger partial charge in [0.25, 0.3) is 0 Å². The maximum atomic E-state index is 13.1. The summed E-state index contributed by atoms with van der Waals surface area (Å²) in [5.41, 5.74) is -0.664. The first kappa shape index (κ1) is 16.8. The number of nitriles is 1. The van der Waals surface area contributed by atoms with Crippen molar-refractivity contribution in [2.75, 3.05) is 31.1 Å². The van der Waals surface area contributed by atoms with Gasteiger partial charge in [-0.25, -0.2) is 0 Å². The second-order valence-corrected chi connectivity index (χ2v) is 6.71. The van der Waals surface area contributed by atoms with E-state index in [1.54, 1.807) is 23.5 Å². The van der Waals surface area contributed by atoms with Crippen LogP contribution in [0.1, 0.15) is 16.0 Å². The van der Waals surface area contributed by atoms with E-state index in [1.807, 2.05) is 16.3 Å². The molecule has 0 aliphatic carbocycles. The van der Waals surface area contributed by atoms with E-state index in [0.29, 0.717) is 18.8 Å². The zero-order valence-electron chi connectivity index (χ0n) is 12.9. The van der Waals surface area contributed by atoms with Crippen LogP contribution in [0, 0.1) is 11.3 Å². The molecule has 1 aliphatic rings. The lowest BCUT2D eigenvalue weighted by molar-refractivity contribution is -0.137. The largest absolute Gasteiger partial charge is 0.417 e. The van der Waals surface area contributed by atoms with E-state index in [-0.39, 0.29) is 5.56 Å². The molecule has 2 heterocycles. The van der Waals surface area contributed by atoms with E-state index in [4.69, 9.17) is 5.26 Å². The molecule has 0 unspecified atom stereocenters. The molecule has 1 fully saturated rings. The van der Waals surface area contributed by atoms with Crippen LogP contribution >= 0.6 is 11.3 Å². The summed E-state index contributed by atoms with van der Waals surface area (Å²) in [5, 5.41) is 10.9. The summed E-state index contributed by atoms with van der Waals surface area (Å²) in [7, 11) is 0. The summed E-state index contributed by atoms with van der Waals surface area (Å²) in [4.78, 5) is 5.54. The SMILES string of the molecule is N#Cc1ccc(N2CCN(Cc3cccs3)CC2)cc1C(F)(F)F. The molecule has 0 bridgehead atoms. The summed E-state index contributed by atoms with van der Waals surface area (Å²) in [6.45, 7) is 3.84. The highest BCUT2D eigenvalue weighted by Crippen LogP contribution is 2.34. The number of nitrogens with zero attached hydrogens (tertiary/aromatic N) is 3. The van der Waals surface area contributed by atoms with Crippen molar-refractivity contribution in [2.45, 2.75) is 12.7 Å². The van der Waals surface area contributed by atoms with E-state index in [2.05, 4.69) is 11.0 Å². The monoisotopic (exact) mass is 351 g/mol. The van der Waals surface area contributed by atoms with Crippen molar-refractivity contribution in [3.8, 4) is 6.07 Å². The van der Waals surface area contributed by atoms with Gasteiger partial charge in [-0.2, -0.15) is 18.4 Å². The highest BCUT2D eigenvalue weighted by Gasteiger charge is 2.34. The number of anilines is 1. The van der Waals surface area contributed by atoms with Crippen LogP contribution in [0.3, 0.4) is 0 Å². The van der Waals surface area contributed by atoms with Crippen molar-refractivity contribution < 1.29 is 13.2 Å². The van der Waals surface area contributed by atoms with Gasteiger partial charge in [0, 0.05) is 43.3 Å². The third-order valence-corrected chi connectivity index (χ3v) is 4.99. The van der Waals surface area contributed by atoms with Crippen LogP contribution < -0.4 is 4.90 Å². The highest BCUT2D eigenvalue weighted by molar-refractivity contribution is 7.09. The quantitative estimate of drug-likeness (QED) is 0.838. The van der Waals surface area contributed by atoms with Gasteiger partial charge in [0.15, 0.2) is 0 Å². The second kappa shape index (κ2) is 6.83. The summed E-state index contributed by atoms with van der Waals surface area (Å²) in [6, 6.07) is 9.68. The lowest BCUT2D eigenvalue weighted by Crippen LogP contribution is -2.45. The van der Waals surface area contributed by atoms with Crippen molar-refractivity contribution in [1.29, 1.82) is 5.26 Å². The number of rotatable bonds is 3. The Hall–Kier alpha value is -2.04. The molecule has 1 aromatic heterocycles. The molecule has 0 radical (unpaired) electrons. The number of thiophene rings is 1. The Morgan fingerprint density at radius 1 is 1.12 bits per heavy atom. The van der Waals surface area contributed by atoms with Gasteiger partial charge in [-0.05, 0) is 29.6 Å². The van der Waals surface area contributed by atoms with Crippen LogP contribution in [0.15, 0.2) is 35.7 Å². The number of hydrogen-bond acceptors (Lipinski definition) is 4. The molecule has 24 heavy (non-hydrogen) atoms. The van der Waals surface area contributed by atoms with Gasteiger partial charge in [0.05, 0.1) is 17.2 Å². The number of halogens is 3. The minimum absolute atomic E-state index is 0.331. The van der Waals surface area contributed by atoms with Crippen molar-refractivity contribution in [3.05, 3.63) is 51.7 Å². The first-order valence-electron chi connectivity index (χ1n) is 7.58. The summed E-state index contributed by atoms with van der Waals surface area (Å²) in [5.74, 6) is 0. The third-order valence-electron chi connectivity index (χ3n) is 4.13. The average Bonchev–Trinajstić information content (AvgIpc) is 3.07. The predicted octanol–water partition coefficient (Wildman–Crippen LogP) is 3.96. The molecule has 2 aromatic rings. The van der Waals surface area contributed by atoms with Crippen molar-refractivity contribution in [3.63, 3.8) is 0 Å². The maximum absolute atomic E-state index is 13.1. The number of benzene rings is 1. The Morgan fingerprint density at radius 2 is 1.88 bits per heavy atom. The normalized spacial score (nSPS) is 16.2. The lowest BCUT2D eigenvalue weighted by atomic mass is 10.1. The fourth-order valence-electron chi connectivity index (χ4n) is 2.85. The standard InChI is InChI=1S/C17H16F3N3S/c18-17(19,20)16-10-14(4-3-13(16)11-21)23-7-5-22(6-8-23)12-15-2-1-9-24-15/h1-4,9-10H,5-8,12H2. The molecule has 0 atom stereocenters. The lowest BCUT2D eigenvalue weighted by Gasteiger charge is -2.36. The van der Waals surface area contributed by atoms with Gasteiger partial charge >= 0.3 is 6.18 Å². The fraction of sp³-hybridized carbons (Fsp3) is 0.353. The first-order valence-corrected chi connectivity index (χ1v) is 8.46. The zero-order chi connectivity index (χ0) is 17.2. The molecule has 0 N–H and O–H groups in total. The summed E-state index contributed by atoms with van der Waals surface area (Å²) < 4.78 is 39.2. The van der Waals surface area contributed by atoms with Crippen molar-refractivity contribution >= 4 is 17.0 Å². The van der Waals surface area contributed by atoms with E-state index >= 15 is 0 Å². The third kappa shape index (κ3) is 3.71. The minimum atomic E-state index is -4.51. The van der Waals surface area contributed by atoms with E-state index in [9.17, 15) is 13.2 Å². The number of alkyl halides is 3. The van der Waals surface area contributed by atoms with Crippen LogP contribution in [0.2, 0.25) is 0 Å². The van der Waals surface area contributed by atoms with Gasteiger partial charge in [-0.1, -0.05) is 6.07 Å². The van der Waals surface area contributed by atoms with Crippen LogP contribution in [-0.2, 0) is 12.7 Å². The fourth-order valence-corrected chi connectivity index (χ4v) is 3.59. The summed E-state index contributed by atoms with van der Waals surface area (Å²) >= 11 is 1.71.